The van der Waals surface area contributed by atoms with Gasteiger partial charge in [0, 0.05) is 19.1 Å². The van der Waals surface area contributed by atoms with Crippen LogP contribution in [-0.4, -0.2) is 37.1 Å². The number of hydrogen-bond donors (Lipinski definition) is 1. The maximum Gasteiger partial charge on any atom is 0.0221 e. The van der Waals surface area contributed by atoms with Crippen LogP contribution in [0.1, 0.15) is 40.5 Å². The van der Waals surface area contributed by atoms with Crippen LogP contribution in [0.15, 0.2) is 0 Å². The van der Waals surface area contributed by atoms with Crippen LogP contribution < -0.4 is 5.32 Å². The molecule has 0 aliphatic carbocycles. The van der Waals surface area contributed by atoms with Crippen molar-refractivity contribution in [3.8, 4) is 0 Å². The van der Waals surface area contributed by atoms with Crippen molar-refractivity contribution in [2.75, 3.05) is 26.2 Å². The van der Waals surface area contributed by atoms with Crippen LogP contribution in [0, 0.1) is 11.8 Å². The average molecular weight is 212 g/mol. The Morgan fingerprint density at radius 3 is 2.60 bits per heavy atom. The number of likely N-dealkylation sites (N-methyl/N-ethyl adjacent to an activating group) is 1. The normalized spacial score (nSPS) is 28.6. The van der Waals surface area contributed by atoms with Crippen LogP contribution in [0.2, 0.25) is 0 Å². The summed E-state index contributed by atoms with van der Waals surface area (Å²) >= 11 is 0. The van der Waals surface area contributed by atoms with E-state index in [1.54, 1.807) is 0 Å². The van der Waals surface area contributed by atoms with Gasteiger partial charge in [-0.2, -0.15) is 0 Å². The van der Waals surface area contributed by atoms with Crippen LogP contribution in [-0.2, 0) is 0 Å². The molecule has 0 aromatic rings. The van der Waals surface area contributed by atoms with Crippen LogP contribution >= 0.6 is 0 Å². The molecule has 0 bridgehead atoms. The first-order chi connectivity index (χ1) is 7.17. The first-order valence-electron chi connectivity index (χ1n) is 6.63. The van der Waals surface area contributed by atoms with Gasteiger partial charge in [-0.1, -0.05) is 34.1 Å². The Kier molecular flexibility index (Phi) is 5.62. The van der Waals surface area contributed by atoms with Gasteiger partial charge in [0.1, 0.15) is 0 Å². The van der Waals surface area contributed by atoms with Crippen molar-refractivity contribution in [3.05, 3.63) is 0 Å². The summed E-state index contributed by atoms with van der Waals surface area (Å²) in [6.45, 7) is 14.2. The molecule has 2 nitrogen and oxygen atoms in total. The van der Waals surface area contributed by atoms with E-state index in [2.05, 4.69) is 37.9 Å². The zero-order valence-corrected chi connectivity index (χ0v) is 10.9. The Labute approximate surface area is 95.4 Å². The smallest absolute Gasteiger partial charge is 0.0221 e. The minimum Gasteiger partial charge on any atom is -0.312 e. The molecule has 90 valence electrons. The van der Waals surface area contributed by atoms with Gasteiger partial charge in [0.2, 0.25) is 0 Å². The van der Waals surface area contributed by atoms with E-state index in [9.17, 15) is 0 Å². The monoisotopic (exact) mass is 212 g/mol. The lowest BCUT2D eigenvalue weighted by Crippen LogP contribution is -2.41. The minimum atomic E-state index is 0.731. The number of rotatable bonds is 6. The van der Waals surface area contributed by atoms with E-state index in [1.165, 1.54) is 39.0 Å². The van der Waals surface area contributed by atoms with Gasteiger partial charge < -0.3 is 10.2 Å². The van der Waals surface area contributed by atoms with Gasteiger partial charge in [-0.3, -0.25) is 0 Å². The SMILES string of the molecule is CCC(C)CN(CC)CC1NCCC1C. The van der Waals surface area contributed by atoms with Crippen LogP contribution in [0.3, 0.4) is 0 Å². The molecule has 1 saturated heterocycles. The molecule has 0 spiro atoms. The average Bonchev–Trinajstić information content (AvgIpc) is 2.63. The van der Waals surface area contributed by atoms with Crippen LogP contribution in [0.25, 0.3) is 0 Å². The molecule has 3 atom stereocenters. The summed E-state index contributed by atoms with van der Waals surface area (Å²) in [5.41, 5.74) is 0. The third-order valence-corrected chi connectivity index (χ3v) is 3.86. The van der Waals surface area contributed by atoms with Crippen molar-refractivity contribution in [3.63, 3.8) is 0 Å². The molecule has 0 aromatic heterocycles. The highest BCUT2D eigenvalue weighted by Gasteiger charge is 2.24. The molecule has 1 heterocycles. The Morgan fingerprint density at radius 2 is 2.13 bits per heavy atom. The fraction of sp³-hybridized carbons (Fsp3) is 1.00. The van der Waals surface area contributed by atoms with E-state index in [0.717, 1.165) is 17.9 Å². The largest absolute Gasteiger partial charge is 0.312 e. The molecule has 3 unspecified atom stereocenters. The van der Waals surface area contributed by atoms with Crippen molar-refractivity contribution < 1.29 is 0 Å². The molecule has 1 rings (SSSR count). The zero-order chi connectivity index (χ0) is 11.3. The maximum absolute atomic E-state index is 3.62. The number of nitrogens with one attached hydrogen (secondary N) is 1. The standard InChI is InChI=1S/C13H28N2/c1-5-11(3)9-15(6-2)10-13-12(4)7-8-14-13/h11-14H,5-10H2,1-4H3. The summed E-state index contributed by atoms with van der Waals surface area (Å²) in [7, 11) is 0. The van der Waals surface area contributed by atoms with Crippen molar-refractivity contribution in [1.82, 2.24) is 10.2 Å². The molecule has 0 saturated carbocycles. The summed E-state index contributed by atoms with van der Waals surface area (Å²) in [6, 6.07) is 0.731. The van der Waals surface area contributed by atoms with Gasteiger partial charge in [0.05, 0.1) is 0 Å². The van der Waals surface area contributed by atoms with Crippen LogP contribution in [0.4, 0.5) is 0 Å². The maximum atomic E-state index is 3.62. The Bertz CT molecular complexity index is 170. The predicted molar refractivity (Wildman–Crippen MR) is 67.1 cm³/mol. The van der Waals surface area contributed by atoms with Gasteiger partial charge in [-0.15, -0.1) is 0 Å². The quantitative estimate of drug-likeness (QED) is 0.727. The lowest BCUT2D eigenvalue weighted by molar-refractivity contribution is 0.213. The molecule has 1 N–H and O–H groups in total. The molecule has 0 radical (unpaired) electrons. The fourth-order valence-electron chi connectivity index (χ4n) is 2.32. The summed E-state index contributed by atoms with van der Waals surface area (Å²) in [6.07, 6.45) is 2.65. The second-order valence-electron chi connectivity index (χ2n) is 5.19. The minimum absolute atomic E-state index is 0.731. The second kappa shape index (κ2) is 6.49. The highest BCUT2D eigenvalue weighted by molar-refractivity contribution is 4.83. The van der Waals surface area contributed by atoms with Crippen molar-refractivity contribution in [1.29, 1.82) is 0 Å². The van der Waals surface area contributed by atoms with E-state index in [1.807, 2.05) is 0 Å². The third-order valence-electron chi connectivity index (χ3n) is 3.86. The first-order valence-corrected chi connectivity index (χ1v) is 6.63. The zero-order valence-electron chi connectivity index (χ0n) is 10.9. The van der Waals surface area contributed by atoms with E-state index >= 15 is 0 Å². The third kappa shape index (κ3) is 4.12. The van der Waals surface area contributed by atoms with Gasteiger partial charge in [0.25, 0.3) is 0 Å². The molecule has 0 aromatic carbocycles. The highest BCUT2D eigenvalue weighted by atomic mass is 15.2. The van der Waals surface area contributed by atoms with Crippen molar-refractivity contribution in [2.45, 2.75) is 46.6 Å². The Balaban J connectivity index is 2.32. The summed E-state index contributed by atoms with van der Waals surface area (Å²) in [5.74, 6) is 1.69. The number of nitrogens with zero attached hydrogens (tertiary/aromatic N) is 1. The lowest BCUT2D eigenvalue weighted by atomic mass is 10.0. The molecule has 0 amide bonds. The molecule has 1 aliphatic rings. The van der Waals surface area contributed by atoms with E-state index in [0.29, 0.717) is 0 Å². The van der Waals surface area contributed by atoms with Gasteiger partial charge in [-0.05, 0) is 31.3 Å². The van der Waals surface area contributed by atoms with Gasteiger partial charge in [0.15, 0.2) is 0 Å². The fourth-order valence-corrected chi connectivity index (χ4v) is 2.32. The first kappa shape index (κ1) is 13.0. The Hall–Kier alpha value is -0.0800. The second-order valence-corrected chi connectivity index (χ2v) is 5.19. The van der Waals surface area contributed by atoms with E-state index in [4.69, 9.17) is 0 Å². The molecule has 1 aliphatic heterocycles. The molecule has 2 heteroatoms. The van der Waals surface area contributed by atoms with Crippen molar-refractivity contribution in [2.24, 2.45) is 11.8 Å². The van der Waals surface area contributed by atoms with Gasteiger partial charge >= 0.3 is 0 Å². The summed E-state index contributed by atoms with van der Waals surface area (Å²) in [4.78, 5) is 2.60. The topological polar surface area (TPSA) is 15.3 Å². The van der Waals surface area contributed by atoms with E-state index < -0.39 is 0 Å². The molecule has 15 heavy (non-hydrogen) atoms. The number of hydrogen-bond acceptors (Lipinski definition) is 2. The van der Waals surface area contributed by atoms with E-state index in [-0.39, 0.29) is 0 Å². The van der Waals surface area contributed by atoms with Gasteiger partial charge in [-0.25, -0.2) is 0 Å². The summed E-state index contributed by atoms with van der Waals surface area (Å²) < 4.78 is 0. The summed E-state index contributed by atoms with van der Waals surface area (Å²) in [5, 5.41) is 3.62. The molecule has 1 fully saturated rings. The molecular formula is C13H28N2. The van der Waals surface area contributed by atoms with Crippen molar-refractivity contribution >= 4 is 0 Å². The Morgan fingerprint density at radius 1 is 1.40 bits per heavy atom. The predicted octanol–water partition coefficient (Wildman–Crippen LogP) is 2.35. The molecular weight excluding hydrogens is 184 g/mol. The van der Waals surface area contributed by atoms with Crippen LogP contribution in [0.5, 0.6) is 0 Å². The highest BCUT2D eigenvalue weighted by Crippen LogP contribution is 2.16. The lowest BCUT2D eigenvalue weighted by Gasteiger charge is -2.28.